The highest BCUT2D eigenvalue weighted by atomic mass is 16.6. The maximum Gasteiger partial charge on any atom is 0.269 e. The average molecular weight is 309 g/mol. The summed E-state index contributed by atoms with van der Waals surface area (Å²) in [4.78, 5) is 24.3. The molecule has 6 heteroatoms. The Kier molecular flexibility index (Phi) is 5.42. The molecule has 0 heterocycles. The van der Waals surface area contributed by atoms with Crippen molar-refractivity contribution in [2.45, 2.75) is 13.0 Å². The van der Waals surface area contributed by atoms with Gasteiger partial charge in [0.2, 0.25) is 0 Å². The summed E-state index contributed by atoms with van der Waals surface area (Å²) >= 11 is 0. The van der Waals surface area contributed by atoms with Gasteiger partial charge in [-0.25, -0.2) is 0 Å². The number of carbonyl (C=O) groups is 1. The number of carbonyl (C=O) groups excluding carboxylic acids is 1. The molecule has 2 aromatic rings. The molecule has 0 N–H and O–H groups in total. The first-order valence-corrected chi connectivity index (χ1v) is 7.06. The highest BCUT2D eigenvalue weighted by Crippen LogP contribution is 2.15. The summed E-state index contributed by atoms with van der Waals surface area (Å²) in [7, 11) is 0. The zero-order chi connectivity index (χ0) is 16.7. The van der Waals surface area contributed by atoms with E-state index in [1.54, 1.807) is 4.90 Å². The number of rotatable bonds is 6. The molecule has 0 saturated heterocycles. The largest absolute Gasteiger partial charge is 0.333 e. The van der Waals surface area contributed by atoms with Crippen LogP contribution in [0.3, 0.4) is 0 Å². The van der Waals surface area contributed by atoms with Gasteiger partial charge in [0, 0.05) is 30.8 Å². The van der Waals surface area contributed by atoms with Gasteiger partial charge in [-0.15, -0.1) is 0 Å². The van der Waals surface area contributed by atoms with Crippen LogP contribution in [0.1, 0.15) is 22.3 Å². The van der Waals surface area contributed by atoms with Crippen LogP contribution in [0.25, 0.3) is 0 Å². The minimum absolute atomic E-state index is 0.0619. The lowest BCUT2D eigenvalue weighted by Gasteiger charge is -2.21. The summed E-state index contributed by atoms with van der Waals surface area (Å²) in [5, 5.41) is 19.4. The van der Waals surface area contributed by atoms with E-state index in [4.69, 9.17) is 5.26 Å². The van der Waals surface area contributed by atoms with E-state index in [9.17, 15) is 14.9 Å². The molecule has 2 aromatic carbocycles. The molecule has 116 valence electrons. The minimum atomic E-state index is -0.508. The summed E-state index contributed by atoms with van der Waals surface area (Å²) in [6.45, 7) is 0.694. The van der Waals surface area contributed by atoms with Crippen LogP contribution < -0.4 is 0 Å². The Labute approximate surface area is 133 Å². The van der Waals surface area contributed by atoms with Crippen molar-refractivity contribution in [3.8, 4) is 6.07 Å². The molecule has 0 atom stereocenters. The van der Waals surface area contributed by atoms with Crippen molar-refractivity contribution < 1.29 is 9.72 Å². The summed E-state index contributed by atoms with van der Waals surface area (Å²) in [6.07, 6.45) is 0.228. The molecule has 0 saturated carbocycles. The number of hydrogen-bond acceptors (Lipinski definition) is 4. The number of nitro benzene ring substituents is 1. The van der Waals surface area contributed by atoms with Crippen molar-refractivity contribution in [2.24, 2.45) is 0 Å². The van der Waals surface area contributed by atoms with Gasteiger partial charge in [-0.05, 0) is 17.7 Å². The molecule has 0 unspecified atom stereocenters. The van der Waals surface area contributed by atoms with E-state index in [2.05, 4.69) is 0 Å². The third-order valence-electron chi connectivity index (χ3n) is 3.32. The van der Waals surface area contributed by atoms with Crippen molar-refractivity contribution in [1.82, 2.24) is 4.90 Å². The van der Waals surface area contributed by atoms with E-state index in [0.717, 1.165) is 5.56 Å². The molecule has 0 fully saturated rings. The number of nitro groups is 1. The fraction of sp³-hybridized carbons (Fsp3) is 0.176. The van der Waals surface area contributed by atoms with Crippen LogP contribution in [0.2, 0.25) is 0 Å². The molecule has 0 aliphatic rings. The maximum absolute atomic E-state index is 12.6. The van der Waals surface area contributed by atoms with E-state index in [0.29, 0.717) is 18.7 Å². The number of nitriles is 1. The second-order valence-electron chi connectivity index (χ2n) is 4.92. The molecular formula is C17H15N3O3. The van der Waals surface area contributed by atoms with Crippen LogP contribution in [0.15, 0.2) is 54.6 Å². The van der Waals surface area contributed by atoms with Crippen molar-refractivity contribution in [2.75, 3.05) is 6.54 Å². The summed E-state index contributed by atoms with van der Waals surface area (Å²) in [5.41, 5.74) is 1.26. The first-order chi connectivity index (χ1) is 11.1. The van der Waals surface area contributed by atoms with Gasteiger partial charge in [0.05, 0.1) is 17.4 Å². The number of benzene rings is 2. The van der Waals surface area contributed by atoms with Gasteiger partial charge in [0.1, 0.15) is 0 Å². The van der Waals surface area contributed by atoms with Gasteiger partial charge in [-0.2, -0.15) is 5.26 Å². The Morgan fingerprint density at radius 3 is 2.35 bits per heavy atom. The van der Waals surface area contributed by atoms with Crippen LogP contribution in [0.5, 0.6) is 0 Å². The predicted molar refractivity (Wildman–Crippen MR) is 84.5 cm³/mol. The topological polar surface area (TPSA) is 87.2 Å². The van der Waals surface area contributed by atoms with Crippen LogP contribution in [-0.4, -0.2) is 22.3 Å². The van der Waals surface area contributed by atoms with Crippen molar-refractivity contribution in [1.29, 1.82) is 5.26 Å². The molecule has 0 bridgehead atoms. The highest BCUT2D eigenvalue weighted by Gasteiger charge is 2.17. The van der Waals surface area contributed by atoms with Gasteiger partial charge >= 0.3 is 0 Å². The van der Waals surface area contributed by atoms with Gasteiger partial charge in [-0.3, -0.25) is 14.9 Å². The monoisotopic (exact) mass is 309 g/mol. The Balaban J connectivity index is 2.18. The van der Waals surface area contributed by atoms with Gasteiger partial charge in [-0.1, -0.05) is 30.3 Å². The maximum atomic E-state index is 12.6. The number of amides is 1. The molecule has 1 amide bonds. The van der Waals surface area contributed by atoms with Crippen LogP contribution in [0.4, 0.5) is 5.69 Å². The second kappa shape index (κ2) is 7.71. The average Bonchev–Trinajstić information content (AvgIpc) is 2.59. The van der Waals surface area contributed by atoms with E-state index < -0.39 is 4.92 Å². The Morgan fingerprint density at radius 2 is 1.78 bits per heavy atom. The lowest BCUT2D eigenvalue weighted by molar-refractivity contribution is -0.384. The Bertz CT molecular complexity index is 721. The number of non-ortho nitro benzene ring substituents is 1. The van der Waals surface area contributed by atoms with Gasteiger partial charge in [0.25, 0.3) is 11.6 Å². The molecule has 0 radical (unpaired) electrons. The molecule has 23 heavy (non-hydrogen) atoms. The molecular weight excluding hydrogens is 294 g/mol. The fourth-order valence-electron chi connectivity index (χ4n) is 2.15. The van der Waals surface area contributed by atoms with E-state index in [1.807, 2.05) is 36.4 Å². The molecule has 0 spiro atoms. The smallest absolute Gasteiger partial charge is 0.269 e. The molecule has 0 aliphatic heterocycles. The highest BCUT2D eigenvalue weighted by molar-refractivity contribution is 5.94. The standard InChI is InChI=1S/C17H15N3O3/c18-11-4-12-19(13-14-5-2-1-3-6-14)17(21)15-7-9-16(10-8-15)20(22)23/h1-3,5-10H,4,12-13H2. The molecule has 2 rings (SSSR count). The Morgan fingerprint density at radius 1 is 1.13 bits per heavy atom. The molecule has 0 aliphatic carbocycles. The number of hydrogen-bond donors (Lipinski definition) is 0. The van der Waals surface area contributed by atoms with E-state index in [1.165, 1.54) is 24.3 Å². The summed E-state index contributed by atoms with van der Waals surface area (Å²) in [5.74, 6) is -0.251. The number of nitrogens with zero attached hydrogens (tertiary/aromatic N) is 3. The minimum Gasteiger partial charge on any atom is -0.333 e. The zero-order valence-electron chi connectivity index (χ0n) is 12.4. The second-order valence-corrected chi connectivity index (χ2v) is 4.92. The normalized spacial score (nSPS) is 9.87. The molecule has 0 aromatic heterocycles. The Hall–Kier alpha value is -3.20. The first-order valence-electron chi connectivity index (χ1n) is 7.06. The van der Waals surface area contributed by atoms with Crippen LogP contribution in [-0.2, 0) is 6.54 Å². The quantitative estimate of drug-likeness (QED) is 0.605. The van der Waals surface area contributed by atoms with Crippen LogP contribution in [0, 0.1) is 21.4 Å². The summed E-state index contributed by atoms with van der Waals surface area (Å²) in [6, 6.07) is 17.0. The predicted octanol–water partition coefficient (Wildman–Crippen LogP) is 3.15. The van der Waals surface area contributed by atoms with Crippen molar-refractivity contribution in [3.05, 3.63) is 75.8 Å². The van der Waals surface area contributed by atoms with Gasteiger partial charge < -0.3 is 4.90 Å². The first kappa shape index (κ1) is 16.2. The fourth-order valence-corrected chi connectivity index (χ4v) is 2.15. The third kappa shape index (κ3) is 4.38. The lowest BCUT2D eigenvalue weighted by atomic mass is 10.1. The third-order valence-corrected chi connectivity index (χ3v) is 3.32. The lowest BCUT2D eigenvalue weighted by Crippen LogP contribution is -2.31. The molecule has 6 nitrogen and oxygen atoms in total. The van der Waals surface area contributed by atoms with Crippen molar-refractivity contribution >= 4 is 11.6 Å². The van der Waals surface area contributed by atoms with Gasteiger partial charge in [0.15, 0.2) is 0 Å². The summed E-state index contributed by atoms with van der Waals surface area (Å²) < 4.78 is 0. The van der Waals surface area contributed by atoms with Crippen molar-refractivity contribution in [3.63, 3.8) is 0 Å². The van der Waals surface area contributed by atoms with E-state index in [-0.39, 0.29) is 18.0 Å². The van der Waals surface area contributed by atoms with E-state index >= 15 is 0 Å². The zero-order valence-corrected chi connectivity index (χ0v) is 12.4. The SMILES string of the molecule is N#CCCN(Cc1ccccc1)C(=O)c1ccc([N+](=O)[O-])cc1. The van der Waals surface area contributed by atoms with Crippen LogP contribution >= 0.6 is 0 Å².